The molecule has 0 amide bonds. The van der Waals surface area contributed by atoms with E-state index in [1.165, 1.54) is 18.2 Å². The zero-order valence-electron chi connectivity index (χ0n) is 9.10. The molecule has 0 aliphatic heterocycles. The summed E-state index contributed by atoms with van der Waals surface area (Å²) in [7, 11) is 0. The van der Waals surface area contributed by atoms with Gasteiger partial charge in [-0.25, -0.2) is 9.79 Å². The SMILES string of the molecule is CCOC(=O)/C=N\c1ccccc1OC(F)F. The second-order valence-electron chi connectivity index (χ2n) is 2.86. The van der Waals surface area contributed by atoms with Crippen molar-refractivity contribution < 1.29 is 23.0 Å². The van der Waals surface area contributed by atoms with E-state index < -0.39 is 12.6 Å². The zero-order valence-corrected chi connectivity index (χ0v) is 9.10. The van der Waals surface area contributed by atoms with E-state index in [1.54, 1.807) is 13.0 Å². The summed E-state index contributed by atoms with van der Waals surface area (Å²) in [5.41, 5.74) is 0.140. The third-order valence-corrected chi connectivity index (χ3v) is 1.68. The maximum atomic E-state index is 12.1. The van der Waals surface area contributed by atoms with Crippen molar-refractivity contribution in [2.24, 2.45) is 4.99 Å². The van der Waals surface area contributed by atoms with E-state index in [0.717, 1.165) is 6.21 Å². The topological polar surface area (TPSA) is 47.9 Å². The number of halogens is 2. The van der Waals surface area contributed by atoms with Crippen molar-refractivity contribution in [2.75, 3.05) is 6.61 Å². The molecule has 0 saturated heterocycles. The number of alkyl halides is 2. The number of esters is 1. The number of carbonyl (C=O) groups excluding carboxylic acids is 1. The average molecular weight is 243 g/mol. The molecule has 1 aromatic rings. The monoisotopic (exact) mass is 243 g/mol. The summed E-state index contributed by atoms with van der Waals surface area (Å²) in [5, 5.41) is 0. The number of benzene rings is 1. The number of nitrogens with zero attached hydrogens (tertiary/aromatic N) is 1. The predicted octanol–water partition coefficient (Wildman–Crippen LogP) is 2.55. The minimum absolute atomic E-state index is 0.0944. The van der Waals surface area contributed by atoms with Gasteiger partial charge in [-0.05, 0) is 19.1 Å². The van der Waals surface area contributed by atoms with Gasteiger partial charge in [0, 0.05) is 0 Å². The first-order chi connectivity index (χ1) is 8.13. The van der Waals surface area contributed by atoms with Gasteiger partial charge < -0.3 is 9.47 Å². The first-order valence-corrected chi connectivity index (χ1v) is 4.88. The average Bonchev–Trinajstić information content (AvgIpc) is 2.27. The van der Waals surface area contributed by atoms with Crippen LogP contribution in [0.1, 0.15) is 6.92 Å². The highest BCUT2D eigenvalue weighted by molar-refractivity contribution is 6.23. The fourth-order valence-corrected chi connectivity index (χ4v) is 1.06. The quantitative estimate of drug-likeness (QED) is 0.589. The first kappa shape index (κ1) is 13.1. The molecular weight excluding hydrogens is 232 g/mol. The maximum absolute atomic E-state index is 12.1. The molecule has 0 unspecified atom stereocenters. The summed E-state index contributed by atoms with van der Waals surface area (Å²) < 4.78 is 33.0. The van der Waals surface area contributed by atoms with Gasteiger partial charge in [0.05, 0.1) is 6.61 Å². The normalized spacial score (nSPS) is 10.8. The molecule has 6 heteroatoms. The number of rotatable bonds is 5. The molecule has 0 fully saturated rings. The van der Waals surface area contributed by atoms with Gasteiger partial charge in [-0.15, -0.1) is 0 Å². The van der Waals surface area contributed by atoms with Gasteiger partial charge >= 0.3 is 12.6 Å². The molecule has 0 aliphatic carbocycles. The Morgan fingerprint density at radius 1 is 1.47 bits per heavy atom. The summed E-state index contributed by atoms with van der Waals surface area (Å²) in [4.78, 5) is 14.7. The smallest absolute Gasteiger partial charge is 0.387 e. The Bertz CT molecular complexity index is 407. The second kappa shape index (κ2) is 6.57. The van der Waals surface area contributed by atoms with Gasteiger partial charge in [0.2, 0.25) is 0 Å². The Hall–Kier alpha value is -1.98. The van der Waals surface area contributed by atoms with Crippen molar-refractivity contribution in [1.82, 2.24) is 0 Å². The van der Waals surface area contributed by atoms with Crippen LogP contribution in [-0.4, -0.2) is 25.4 Å². The largest absolute Gasteiger partial charge is 0.462 e. The van der Waals surface area contributed by atoms with Crippen LogP contribution in [0.3, 0.4) is 0 Å². The van der Waals surface area contributed by atoms with Crippen LogP contribution >= 0.6 is 0 Å². The number of ether oxygens (including phenoxy) is 2. The zero-order chi connectivity index (χ0) is 12.7. The molecule has 1 aromatic carbocycles. The summed E-state index contributed by atoms with van der Waals surface area (Å²) in [6.07, 6.45) is 0.914. The highest BCUT2D eigenvalue weighted by Crippen LogP contribution is 2.27. The minimum atomic E-state index is -2.94. The molecule has 0 heterocycles. The standard InChI is InChI=1S/C11H11F2NO3/c1-2-16-10(15)7-14-8-5-3-4-6-9(8)17-11(12)13/h3-7,11H,2H2,1H3/b14-7-. The number of aliphatic imine (C=N–C) groups is 1. The van der Waals surface area contributed by atoms with Crippen LogP contribution in [0.4, 0.5) is 14.5 Å². The number of hydrogen-bond acceptors (Lipinski definition) is 4. The van der Waals surface area contributed by atoms with E-state index in [9.17, 15) is 13.6 Å². The lowest BCUT2D eigenvalue weighted by molar-refractivity contribution is -0.134. The van der Waals surface area contributed by atoms with Crippen molar-refractivity contribution in [3.63, 3.8) is 0 Å². The van der Waals surface area contributed by atoms with Gasteiger partial charge in [0.15, 0.2) is 5.75 Å². The van der Waals surface area contributed by atoms with Gasteiger partial charge in [0.1, 0.15) is 11.9 Å². The van der Waals surface area contributed by atoms with E-state index in [0.29, 0.717) is 0 Å². The van der Waals surface area contributed by atoms with Gasteiger partial charge in [0.25, 0.3) is 0 Å². The molecule has 0 aliphatic rings. The van der Waals surface area contributed by atoms with Crippen LogP contribution in [0, 0.1) is 0 Å². The van der Waals surface area contributed by atoms with E-state index >= 15 is 0 Å². The summed E-state index contributed by atoms with van der Waals surface area (Å²) in [6.45, 7) is -1.06. The number of hydrogen-bond donors (Lipinski definition) is 0. The molecule has 17 heavy (non-hydrogen) atoms. The van der Waals surface area contributed by atoms with Crippen LogP contribution in [-0.2, 0) is 9.53 Å². The Kier molecular flexibility index (Phi) is 5.06. The van der Waals surface area contributed by atoms with E-state index in [4.69, 9.17) is 0 Å². The third-order valence-electron chi connectivity index (χ3n) is 1.68. The van der Waals surface area contributed by atoms with Crippen LogP contribution < -0.4 is 4.74 Å². The Morgan fingerprint density at radius 2 is 2.18 bits per heavy atom. The summed E-state index contributed by atoms with van der Waals surface area (Å²) in [6, 6.07) is 5.91. The van der Waals surface area contributed by atoms with Crippen molar-refractivity contribution in [1.29, 1.82) is 0 Å². The van der Waals surface area contributed by atoms with Crippen molar-refractivity contribution in [3.05, 3.63) is 24.3 Å². The summed E-state index contributed by atoms with van der Waals surface area (Å²) in [5.74, 6) is -0.734. The molecule has 0 N–H and O–H groups in total. The van der Waals surface area contributed by atoms with Gasteiger partial charge in [-0.1, -0.05) is 12.1 Å². The van der Waals surface area contributed by atoms with Gasteiger partial charge in [-0.3, -0.25) is 0 Å². The van der Waals surface area contributed by atoms with Crippen LogP contribution in [0.2, 0.25) is 0 Å². The lowest BCUT2D eigenvalue weighted by Gasteiger charge is -2.06. The van der Waals surface area contributed by atoms with E-state index in [1.807, 2.05) is 0 Å². The molecule has 0 saturated carbocycles. The third kappa shape index (κ3) is 4.58. The first-order valence-electron chi connectivity index (χ1n) is 4.88. The fourth-order valence-electron chi connectivity index (χ4n) is 1.06. The molecule has 0 radical (unpaired) electrons. The predicted molar refractivity (Wildman–Crippen MR) is 57.9 cm³/mol. The summed E-state index contributed by atoms with van der Waals surface area (Å²) >= 11 is 0. The number of para-hydroxylation sites is 2. The lowest BCUT2D eigenvalue weighted by Crippen LogP contribution is -2.05. The molecule has 0 spiro atoms. The van der Waals surface area contributed by atoms with Gasteiger partial charge in [-0.2, -0.15) is 8.78 Å². The minimum Gasteiger partial charge on any atom is -0.462 e. The highest BCUT2D eigenvalue weighted by Gasteiger charge is 2.08. The van der Waals surface area contributed by atoms with Crippen molar-refractivity contribution >= 4 is 17.9 Å². The molecule has 4 nitrogen and oxygen atoms in total. The number of carbonyl (C=O) groups is 1. The van der Waals surface area contributed by atoms with Crippen molar-refractivity contribution in [3.8, 4) is 5.75 Å². The fraction of sp³-hybridized carbons (Fsp3) is 0.273. The Labute approximate surface area is 96.9 Å². The molecule has 0 bridgehead atoms. The van der Waals surface area contributed by atoms with Crippen LogP contribution in [0.15, 0.2) is 29.3 Å². The molecular formula is C11H11F2NO3. The highest BCUT2D eigenvalue weighted by atomic mass is 19.3. The van der Waals surface area contributed by atoms with Crippen LogP contribution in [0.25, 0.3) is 0 Å². The Morgan fingerprint density at radius 3 is 2.82 bits per heavy atom. The Balaban J connectivity index is 2.79. The second-order valence-corrected chi connectivity index (χ2v) is 2.86. The van der Waals surface area contributed by atoms with E-state index in [2.05, 4.69) is 14.5 Å². The molecule has 92 valence electrons. The molecule has 0 atom stereocenters. The maximum Gasteiger partial charge on any atom is 0.387 e. The van der Waals surface area contributed by atoms with E-state index in [-0.39, 0.29) is 18.0 Å². The lowest BCUT2D eigenvalue weighted by atomic mass is 10.3. The van der Waals surface area contributed by atoms with Crippen LogP contribution in [0.5, 0.6) is 5.75 Å². The molecule has 0 aromatic heterocycles. The molecule has 1 rings (SSSR count). The van der Waals surface area contributed by atoms with Crippen molar-refractivity contribution in [2.45, 2.75) is 13.5 Å².